The Labute approximate surface area is 192 Å². The first-order valence-corrected chi connectivity index (χ1v) is 11.5. The van der Waals surface area contributed by atoms with Crippen molar-refractivity contribution in [2.45, 2.75) is 6.04 Å². The van der Waals surface area contributed by atoms with E-state index in [4.69, 9.17) is 9.97 Å². The molecule has 1 aromatic carbocycles. The maximum Gasteiger partial charge on any atom is 0.261 e. The lowest BCUT2D eigenvalue weighted by molar-refractivity contribution is -0.122. The molecule has 33 heavy (non-hydrogen) atoms. The molecule has 10 heteroatoms. The number of hydrogen-bond acceptors (Lipinski definition) is 8. The van der Waals surface area contributed by atoms with Crippen LogP contribution in [0.25, 0.3) is 32.3 Å². The van der Waals surface area contributed by atoms with Crippen molar-refractivity contribution in [3.8, 4) is 0 Å². The zero-order valence-corrected chi connectivity index (χ0v) is 18.3. The van der Waals surface area contributed by atoms with Crippen LogP contribution in [0, 0.1) is 0 Å². The molecule has 1 unspecified atom stereocenters. The van der Waals surface area contributed by atoms with Crippen LogP contribution in [-0.4, -0.2) is 64.2 Å². The SMILES string of the molecule is O=C1NC(=O)C(c2c[nH]c3ccsc23)=C1c1nc(N2CCNC(CO)C2)nc2ccccc12. The smallest absolute Gasteiger partial charge is 0.261 e. The fourth-order valence-electron chi connectivity index (χ4n) is 4.50. The zero-order chi connectivity index (χ0) is 22.5. The number of benzene rings is 1. The molecule has 0 bridgehead atoms. The fraction of sp³-hybridized carbons (Fsp3) is 0.217. The monoisotopic (exact) mass is 460 g/mol. The van der Waals surface area contributed by atoms with Crippen LogP contribution in [0.3, 0.4) is 0 Å². The summed E-state index contributed by atoms with van der Waals surface area (Å²) in [7, 11) is 0. The number of piperazine rings is 1. The van der Waals surface area contributed by atoms with E-state index in [-0.39, 0.29) is 18.2 Å². The number of amides is 2. The van der Waals surface area contributed by atoms with E-state index in [1.807, 2.05) is 40.6 Å². The van der Waals surface area contributed by atoms with Crippen LogP contribution in [0.2, 0.25) is 0 Å². The molecule has 2 aliphatic rings. The van der Waals surface area contributed by atoms with E-state index in [0.29, 0.717) is 53.3 Å². The van der Waals surface area contributed by atoms with Gasteiger partial charge in [0.15, 0.2) is 0 Å². The second-order valence-electron chi connectivity index (χ2n) is 8.07. The number of thiophene rings is 1. The maximum atomic E-state index is 13.1. The normalized spacial score (nSPS) is 19.2. The Balaban J connectivity index is 1.59. The highest BCUT2D eigenvalue weighted by Crippen LogP contribution is 2.38. The molecule has 3 aromatic heterocycles. The van der Waals surface area contributed by atoms with Crippen LogP contribution in [0.1, 0.15) is 11.3 Å². The van der Waals surface area contributed by atoms with Crippen LogP contribution < -0.4 is 15.5 Å². The average molecular weight is 461 g/mol. The Bertz CT molecular complexity index is 1450. The number of para-hydroxylation sites is 1. The number of anilines is 1. The molecule has 1 atom stereocenters. The van der Waals surface area contributed by atoms with Gasteiger partial charge < -0.3 is 20.3 Å². The summed E-state index contributed by atoms with van der Waals surface area (Å²) in [5.41, 5.74) is 3.29. The van der Waals surface area contributed by atoms with Gasteiger partial charge in [-0.05, 0) is 17.5 Å². The van der Waals surface area contributed by atoms with Gasteiger partial charge in [0.25, 0.3) is 11.8 Å². The number of carbonyl (C=O) groups excluding carboxylic acids is 2. The Morgan fingerprint density at radius 2 is 1.97 bits per heavy atom. The number of carbonyl (C=O) groups is 2. The third-order valence-electron chi connectivity index (χ3n) is 6.07. The second kappa shape index (κ2) is 7.77. The van der Waals surface area contributed by atoms with Gasteiger partial charge >= 0.3 is 0 Å². The van der Waals surface area contributed by atoms with Gasteiger partial charge in [0.1, 0.15) is 0 Å². The van der Waals surface area contributed by atoms with E-state index in [1.165, 1.54) is 11.3 Å². The molecule has 0 aliphatic carbocycles. The summed E-state index contributed by atoms with van der Waals surface area (Å²) in [6.45, 7) is 1.90. The number of fused-ring (bicyclic) bond motifs is 2. The third-order valence-corrected chi connectivity index (χ3v) is 7.02. The summed E-state index contributed by atoms with van der Waals surface area (Å²) in [6.07, 6.45) is 1.77. The van der Waals surface area contributed by atoms with Crippen LogP contribution in [-0.2, 0) is 9.59 Å². The predicted molar refractivity (Wildman–Crippen MR) is 127 cm³/mol. The average Bonchev–Trinajstić information content (AvgIpc) is 3.53. The number of aliphatic hydroxyl groups excluding tert-OH is 1. The maximum absolute atomic E-state index is 13.1. The summed E-state index contributed by atoms with van der Waals surface area (Å²) in [5.74, 6) is -0.432. The number of rotatable bonds is 4. The van der Waals surface area contributed by atoms with Crippen molar-refractivity contribution in [1.82, 2.24) is 25.6 Å². The van der Waals surface area contributed by atoms with Gasteiger partial charge in [-0.25, -0.2) is 9.97 Å². The molecule has 4 N–H and O–H groups in total. The van der Waals surface area contributed by atoms with Gasteiger partial charge in [0.05, 0.1) is 39.2 Å². The van der Waals surface area contributed by atoms with E-state index in [2.05, 4.69) is 15.6 Å². The first-order valence-electron chi connectivity index (χ1n) is 10.7. The molecule has 6 rings (SSSR count). The quantitative estimate of drug-likeness (QED) is 0.341. The lowest BCUT2D eigenvalue weighted by Gasteiger charge is -2.33. The fourth-order valence-corrected chi connectivity index (χ4v) is 5.38. The number of aliphatic hydroxyl groups is 1. The predicted octanol–water partition coefficient (Wildman–Crippen LogP) is 1.51. The van der Waals surface area contributed by atoms with Crippen LogP contribution in [0.4, 0.5) is 5.95 Å². The van der Waals surface area contributed by atoms with Crippen LogP contribution in [0.15, 0.2) is 41.9 Å². The van der Waals surface area contributed by atoms with Crippen molar-refractivity contribution in [2.24, 2.45) is 0 Å². The van der Waals surface area contributed by atoms with Crippen molar-refractivity contribution in [1.29, 1.82) is 0 Å². The minimum Gasteiger partial charge on any atom is -0.395 e. The van der Waals surface area contributed by atoms with Crippen LogP contribution in [0.5, 0.6) is 0 Å². The van der Waals surface area contributed by atoms with Gasteiger partial charge in [-0.3, -0.25) is 14.9 Å². The van der Waals surface area contributed by atoms with Crippen molar-refractivity contribution in [3.63, 3.8) is 0 Å². The minimum atomic E-state index is -0.468. The lowest BCUT2D eigenvalue weighted by Crippen LogP contribution is -2.52. The van der Waals surface area contributed by atoms with Gasteiger partial charge in [-0.1, -0.05) is 18.2 Å². The molecule has 166 valence electrons. The first kappa shape index (κ1) is 20.0. The number of aromatic amines is 1. The summed E-state index contributed by atoms with van der Waals surface area (Å²) < 4.78 is 0.916. The van der Waals surface area contributed by atoms with E-state index in [1.54, 1.807) is 6.20 Å². The first-order chi connectivity index (χ1) is 16.1. The van der Waals surface area contributed by atoms with Crippen LogP contribution >= 0.6 is 11.3 Å². The highest BCUT2D eigenvalue weighted by molar-refractivity contribution is 7.17. The van der Waals surface area contributed by atoms with E-state index in [0.717, 1.165) is 10.2 Å². The second-order valence-corrected chi connectivity index (χ2v) is 8.98. The number of H-pyrrole nitrogens is 1. The molecule has 5 heterocycles. The number of aromatic nitrogens is 3. The molecular formula is C23H20N6O3S. The molecule has 2 amide bonds. The number of imide groups is 1. The van der Waals surface area contributed by atoms with Crippen molar-refractivity contribution in [2.75, 3.05) is 31.1 Å². The van der Waals surface area contributed by atoms with E-state index < -0.39 is 11.8 Å². The molecule has 0 radical (unpaired) electrons. The largest absolute Gasteiger partial charge is 0.395 e. The topological polar surface area (TPSA) is 123 Å². The summed E-state index contributed by atoms with van der Waals surface area (Å²) in [6, 6.07) is 9.34. The minimum absolute atomic E-state index is 0.00739. The van der Waals surface area contributed by atoms with Gasteiger partial charge in [-0.15, -0.1) is 11.3 Å². The van der Waals surface area contributed by atoms with E-state index >= 15 is 0 Å². The highest BCUT2D eigenvalue weighted by Gasteiger charge is 2.36. The van der Waals surface area contributed by atoms with E-state index in [9.17, 15) is 14.7 Å². The Kier molecular flexibility index (Phi) is 4.72. The van der Waals surface area contributed by atoms with Gasteiger partial charge in [0, 0.05) is 42.8 Å². The van der Waals surface area contributed by atoms with Gasteiger partial charge in [-0.2, -0.15) is 0 Å². The van der Waals surface area contributed by atoms with Crippen molar-refractivity contribution in [3.05, 3.63) is 53.2 Å². The number of hydrogen-bond donors (Lipinski definition) is 4. The Morgan fingerprint density at radius 3 is 2.85 bits per heavy atom. The summed E-state index contributed by atoms with van der Waals surface area (Å²) in [5, 5.41) is 18.0. The highest BCUT2D eigenvalue weighted by atomic mass is 32.1. The zero-order valence-electron chi connectivity index (χ0n) is 17.5. The number of nitrogens with zero attached hydrogens (tertiary/aromatic N) is 3. The molecule has 1 saturated heterocycles. The molecule has 1 fully saturated rings. The molecule has 2 aliphatic heterocycles. The summed E-state index contributed by atoms with van der Waals surface area (Å²) in [4.78, 5) is 40.8. The molecule has 4 aromatic rings. The van der Waals surface area contributed by atoms with Gasteiger partial charge in [0.2, 0.25) is 5.95 Å². The molecular weight excluding hydrogens is 440 g/mol. The molecule has 0 spiro atoms. The molecule has 0 saturated carbocycles. The Hall–Kier alpha value is -3.60. The standard InChI is InChI=1S/C23H20N6O3S/c30-11-12-10-29(7-6-24-12)23-26-15-4-2-1-3-13(15)19(27-23)18-17(21(31)28-22(18)32)14-9-25-16-5-8-33-20(14)16/h1-5,8-9,12,24-25,30H,6-7,10-11H2,(H,28,31,32). The van der Waals surface area contributed by atoms with Crippen molar-refractivity contribution >= 4 is 61.4 Å². The lowest BCUT2D eigenvalue weighted by atomic mass is 9.99. The van der Waals surface area contributed by atoms with Crippen molar-refractivity contribution < 1.29 is 14.7 Å². The number of nitrogens with one attached hydrogen (secondary N) is 3. The molecule has 9 nitrogen and oxygen atoms in total. The Morgan fingerprint density at radius 1 is 1.12 bits per heavy atom. The third kappa shape index (κ3) is 3.22. The summed E-state index contributed by atoms with van der Waals surface area (Å²) >= 11 is 1.51.